The average Bonchev–Trinajstić information content (AvgIpc) is 2.06. The normalized spacial score (nSPS) is 12.1. The second kappa shape index (κ2) is 4.14. The first kappa shape index (κ1) is 12.5. The molecule has 9 heteroatoms. The van der Waals surface area contributed by atoms with Crippen molar-refractivity contribution in [1.82, 2.24) is 4.98 Å². The summed E-state index contributed by atoms with van der Waals surface area (Å²) in [6.07, 6.45) is -2.90. The molecule has 0 spiro atoms. The third-order valence-electron chi connectivity index (χ3n) is 1.47. The molecular formula is C6H6F2IN3O2S. The van der Waals surface area contributed by atoms with Gasteiger partial charge in [0.2, 0.25) is 0 Å². The molecule has 0 aliphatic heterocycles. The summed E-state index contributed by atoms with van der Waals surface area (Å²) in [6.45, 7) is 0. The zero-order valence-electron chi connectivity index (χ0n) is 7.12. The molecule has 0 amide bonds. The van der Waals surface area contributed by atoms with Crippen molar-refractivity contribution in [2.24, 2.45) is 5.14 Å². The molecule has 0 fully saturated rings. The van der Waals surface area contributed by atoms with E-state index in [9.17, 15) is 17.2 Å². The molecule has 0 saturated heterocycles. The Hall–Kier alpha value is -0.550. The van der Waals surface area contributed by atoms with Gasteiger partial charge in [0.25, 0.3) is 16.4 Å². The van der Waals surface area contributed by atoms with E-state index in [0.717, 1.165) is 6.07 Å². The molecular weight excluding hydrogens is 343 g/mol. The topological polar surface area (TPSA) is 99.1 Å². The van der Waals surface area contributed by atoms with Crippen LogP contribution in [0.5, 0.6) is 0 Å². The highest BCUT2D eigenvalue weighted by Crippen LogP contribution is 2.26. The van der Waals surface area contributed by atoms with Crippen molar-refractivity contribution in [2.75, 3.05) is 5.73 Å². The largest absolute Gasteiger partial charge is 0.398 e. The lowest BCUT2D eigenvalue weighted by Gasteiger charge is -2.07. The second-order valence-corrected chi connectivity index (χ2v) is 5.16. The molecule has 15 heavy (non-hydrogen) atoms. The number of nitrogens with two attached hydrogens (primary N) is 2. The van der Waals surface area contributed by atoms with Crippen LogP contribution in [0.2, 0.25) is 0 Å². The van der Waals surface area contributed by atoms with Crippen molar-refractivity contribution in [3.8, 4) is 0 Å². The van der Waals surface area contributed by atoms with Crippen LogP contribution < -0.4 is 10.9 Å². The smallest absolute Gasteiger partial charge is 0.280 e. The van der Waals surface area contributed by atoms with Crippen LogP contribution in [0.1, 0.15) is 12.1 Å². The van der Waals surface area contributed by atoms with E-state index in [1.807, 2.05) is 0 Å². The third-order valence-corrected chi connectivity index (χ3v) is 3.80. The van der Waals surface area contributed by atoms with E-state index in [-0.39, 0.29) is 9.26 Å². The molecule has 0 aliphatic rings. The Morgan fingerprint density at radius 2 is 2.00 bits per heavy atom. The van der Waals surface area contributed by atoms with Crippen LogP contribution in [0.15, 0.2) is 11.1 Å². The number of hydrogen-bond acceptors (Lipinski definition) is 4. The summed E-state index contributed by atoms with van der Waals surface area (Å²) >= 11 is 1.58. The fraction of sp³-hybridized carbons (Fsp3) is 0.167. The Morgan fingerprint density at radius 3 is 2.40 bits per heavy atom. The number of aromatic nitrogens is 1. The zero-order valence-corrected chi connectivity index (χ0v) is 10.1. The molecule has 1 heterocycles. The number of alkyl halides is 2. The first-order chi connectivity index (χ1) is 6.73. The van der Waals surface area contributed by atoms with Crippen molar-refractivity contribution in [2.45, 2.75) is 11.5 Å². The highest BCUT2D eigenvalue weighted by atomic mass is 127. The summed E-state index contributed by atoms with van der Waals surface area (Å²) in [7, 11) is -4.14. The maximum Gasteiger partial charge on any atom is 0.280 e. The highest BCUT2D eigenvalue weighted by molar-refractivity contribution is 14.1. The van der Waals surface area contributed by atoms with Crippen molar-refractivity contribution < 1.29 is 17.2 Å². The van der Waals surface area contributed by atoms with Crippen LogP contribution in [0.3, 0.4) is 0 Å². The van der Waals surface area contributed by atoms with E-state index in [0.29, 0.717) is 0 Å². The van der Waals surface area contributed by atoms with E-state index in [2.05, 4.69) is 4.98 Å². The fourth-order valence-electron chi connectivity index (χ4n) is 0.845. The Balaban J connectivity index is 3.52. The lowest BCUT2D eigenvalue weighted by molar-refractivity contribution is 0.145. The standard InChI is InChI=1S/C6H6F2IN3O2S/c7-5(8)3-1-2(10)4(9)6(12-3)15(11,13)14/h1,5H,(H2,10,12)(H2,11,13,14). The number of rotatable bonds is 2. The van der Waals surface area contributed by atoms with Gasteiger partial charge in [0.15, 0.2) is 5.03 Å². The van der Waals surface area contributed by atoms with Gasteiger partial charge >= 0.3 is 0 Å². The first-order valence-corrected chi connectivity index (χ1v) is 6.13. The first-order valence-electron chi connectivity index (χ1n) is 3.50. The minimum absolute atomic E-state index is 0.0412. The van der Waals surface area contributed by atoms with Gasteiger partial charge in [-0.25, -0.2) is 27.3 Å². The Bertz CT molecular complexity index is 491. The van der Waals surface area contributed by atoms with Gasteiger partial charge in [-0.1, -0.05) is 0 Å². The van der Waals surface area contributed by atoms with Gasteiger partial charge in [0.05, 0.1) is 3.57 Å². The molecule has 0 bridgehead atoms. The lowest BCUT2D eigenvalue weighted by Crippen LogP contribution is -2.17. The minimum atomic E-state index is -4.14. The lowest BCUT2D eigenvalue weighted by atomic mass is 10.3. The molecule has 5 nitrogen and oxygen atoms in total. The van der Waals surface area contributed by atoms with Gasteiger partial charge in [-0.2, -0.15) is 0 Å². The quantitative estimate of drug-likeness (QED) is 0.774. The van der Waals surface area contributed by atoms with E-state index < -0.39 is 27.2 Å². The molecule has 84 valence electrons. The van der Waals surface area contributed by atoms with Gasteiger partial charge in [-0.05, 0) is 28.7 Å². The molecule has 1 aromatic heterocycles. The molecule has 4 N–H and O–H groups in total. The maximum absolute atomic E-state index is 12.3. The number of hydrogen-bond donors (Lipinski definition) is 2. The number of nitrogens with zero attached hydrogens (tertiary/aromatic N) is 1. The van der Waals surface area contributed by atoms with Gasteiger partial charge in [0, 0.05) is 5.69 Å². The van der Waals surface area contributed by atoms with Gasteiger partial charge in [-0.15, -0.1) is 0 Å². The van der Waals surface area contributed by atoms with Crippen LogP contribution in [-0.4, -0.2) is 13.4 Å². The minimum Gasteiger partial charge on any atom is -0.398 e. The summed E-state index contributed by atoms with van der Waals surface area (Å²) in [5.41, 5.74) is 4.55. The van der Waals surface area contributed by atoms with Gasteiger partial charge in [-0.3, -0.25) is 0 Å². The fourth-order valence-corrected chi connectivity index (χ4v) is 2.64. The second-order valence-electron chi connectivity index (χ2n) is 2.60. The SMILES string of the molecule is Nc1cc(C(F)F)nc(S(N)(=O)=O)c1I. The maximum atomic E-state index is 12.3. The molecule has 0 aliphatic carbocycles. The summed E-state index contributed by atoms with van der Waals surface area (Å²) in [5.74, 6) is 0. The molecule has 1 rings (SSSR count). The van der Waals surface area contributed by atoms with Crippen molar-refractivity contribution >= 4 is 38.3 Å². The zero-order chi connectivity index (χ0) is 11.8. The molecule has 0 unspecified atom stereocenters. The number of nitrogen functional groups attached to an aromatic ring is 1. The Labute approximate surface area is 98.0 Å². The van der Waals surface area contributed by atoms with Crippen LogP contribution in [0.25, 0.3) is 0 Å². The molecule has 0 atom stereocenters. The van der Waals surface area contributed by atoms with Crippen molar-refractivity contribution in [1.29, 1.82) is 0 Å². The number of pyridine rings is 1. The van der Waals surface area contributed by atoms with Crippen molar-refractivity contribution in [3.63, 3.8) is 0 Å². The van der Waals surface area contributed by atoms with Gasteiger partial charge in [0.1, 0.15) is 5.69 Å². The molecule has 1 aromatic rings. The number of sulfonamides is 1. The van der Waals surface area contributed by atoms with Crippen LogP contribution in [-0.2, 0) is 10.0 Å². The summed E-state index contributed by atoms with van der Waals surface area (Å²) in [4.78, 5) is 3.25. The monoisotopic (exact) mass is 349 g/mol. The Morgan fingerprint density at radius 1 is 1.47 bits per heavy atom. The predicted molar refractivity (Wildman–Crippen MR) is 57.7 cm³/mol. The summed E-state index contributed by atoms with van der Waals surface area (Å²) in [5, 5.41) is 4.17. The van der Waals surface area contributed by atoms with E-state index in [1.54, 1.807) is 22.6 Å². The summed E-state index contributed by atoms with van der Waals surface area (Å²) < 4.78 is 46.6. The van der Waals surface area contributed by atoms with Crippen molar-refractivity contribution in [3.05, 3.63) is 15.3 Å². The predicted octanol–water partition coefficient (Wildman–Crippen LogP) is 0.853. The molecule has 0 radical (unpaired) electrons. The van der Waals surface area contributed by atoms with E-state index >= 15 is 0 Å². The summed E-state index contributed by atoms with van der Waals surface area (Å²) in [6, 6.07) is 0.918. The number of halogens is 3. The number of primary sulfonamides is 1. The van der Waals surface area contributed by atoms with Gasteiger partial charge < -0.3 is 5.73 Å². The van der Waals surface area contributed by atoms with E-state index in [4.69, 9.17) is 10.9 Å². The van der Waals surface area contributed by atoms with E-state index in [1.165, 1.54) is 0 Å². The Kier molecular flexibility index (Phi) is 3.45. The van der Waals surface area contributed by atoms with Crippen LogP contribution in [0, 0.1) is 3.57 Å². The average molecular weight is 349 g/mol. The van der Waals surface area contributed by atoms with Crippen LogP contribution in [0.4, 0.5) is 14.5 Å². The molecule has 0 saturated carbocycles. The van der Waals surface area contributed by atoms with Crippen LogP contribution >= 0.6 is 22.6 Å². The third kappa shape index (κ3) is 2.72. The molecule has 0 aromatic carbocycles. The number of anilines is 1. The highest BCUT2D eigenvalue weighted by Gasteiger charge is 2.21.